The van der Waals surface area contributed by atoms with Gasteiger partial charge in [0.1, 0.15) is 0 Å². The molecule has 0 aliphatic carbocycles. The normalized spacial score (nSPS) is 7.89. The van der Waals surface area contributed by atoms with Gasteiger partial charge >= 0.3 is 0 Å². The first-order valence-corrected chi connectivity index (χ1v) is 3.30. The zero-order valence-electron chi connectivity index (χ0n) is 5.05. The molecule has 0 spiro atoms. The van der Waals surface area contributed by atoms with Crippen molar-refractivity contribution in [2.45, 2.75) is 0 Å². The van der Waals surface area contributed by atoms with Crippen molar-refractivity contribution in [1.82, 2.24) is 0 Å². The second kappa shape index (κ2) is 4.04. The van der Waals surface area contributed by atoms with Gasteiger partial charge in [-0.1, -0.05) is 13.2 Å². The first-order chi connectivity index (χ1) is 4.16. The molecule has 0 amide bonds. The summed E-state index contributed by atoms with van der Waals surface area (Å²) in [6, 6.07) is 1.91. The lowest BCUT2D eigenvalue weighted by atomic mass is 10.4. The van der Waals surface area contributed by atoms with Gasteiger partial charge in [-0.2, -0.15) is 5.26 Å². The third-order valence-corrected chi connectivity index (χ3v) is 1.45. The van der Waals surface area contributed by atoms with Crippen molar-refractivity contribution >= 4 is 11.8 Å². The maximum Gasteiger partial charge on any atom is 0.0949 e. The minimum Gasteiger partial charge on any atom is -0.394 e. The predicted octanol–water partition coefficient (Wildman–Crippen LogP) is 1.23. The van der Waals surface area contributed by atoms with Crippen LogP contribution in [0.4, 0.5) is 0 Å². The molecule has 0 heterocycles. The van der Waals surface area contributed by atoms with E-state index in [0.29, 0.717) is 16.4 Å². The van der Waals surface area contributed by atoms with Crippen molar-refractivity contribution in [3.8, 4) is 6.07 Å². The number of rotatable bonds is 3. The van der Waals surface area contributed by atoms with Gasteiger partial charge in [-0.3, -0.25) is 0 Å². The third-order valence-electron chi connectivity index (χ3n) is 0.590. The predicted molar refractivity (Wildman–Crippen MR) is 40.5 cm³/mol. The summed E-state index contributed by atoms with van der Waals surface area (Å²) in [7, 11) is 0. The summed E-state index contributed by atoms with van der Waals surface area (Å²) in [5.41, 5.74) is 5.73. The molecule has 0 aliphatic rings. The van der Waals surface area contributed by atoms with Crippen molar-refractivity contribution in [2.75, 3.05) is 5.75 Å². The van der Waals surface area contributed by atoms with Gasteiger partial charge < -0.3 is 5.73 Å². The SMILES string of the molecule is C=C(C#N)CSC(=C)N. The molecule has 0 aliphatic heterocycles. The summed E-state index contributed by atoms with van der Waals surface area (Å²) < 4.78 is 0. The average Bonchev–Trinajstić information content (AvgIpc) is 1.83. The van der Waals surface area contributed by atoms with E-state index in [1.165, 1.54) is 11.8 Å². The van der Waals surface area contributed by atoms with Crippen LogP contribution in [0.25, 0.3) is 0 Å². The van der Waals surface area contributed by atoms with Crippen LogP contribution in [0.2, 0.25) is 0 Å². The molecule has 0 aromatic carbocycles. The second-order valence-electron chi connectivity index (χ2n) is 1.47. The van der Waals surface area contributed by atoms with Gasteiger partial charge in [-0.25, -0.2) is 0 Å². The van der Waals surface area contributed by atoms with Crippen molar-refractivity contribution in [3.05, 3.63) is 23.8 Å². The third kappa shape index (κ3) is 4.98. The first kappa shape index (κ1) is 8.12. The summed E-state index contributed by atoms with van der Waals surface area (Å²) in [6.45, 7) is 6.92. The highest BCUT2D eigenvalue weighted by atomic mass is 32.2. The molecule has 0 saturated carbocycles. The Balaban J connectivity index is 3.43. The summed E-state index contributed by atoms with van der Waals surface area (Å²) in [4.78, 5) is 0. The number of hydrogen-bond donors (Lipinski definition) is 1. The number of nitriles is 1. The Kier molecular flexibility index (Phi) is 3.65. The van der Waals surface area contributed by atoms with Crippen molar-refractivity contribution in [1.29, 1.82) is 5.26 Å². The standard InChI is InChI=1S/C6H8N2S/c1-5(3-7)4-9-6(2)8/h1-2,4,8H2. The number of hydrogen-bond acceptors (Lipinski definition) is 3. The smallest absolute Gasteiger partial charge is 0.0949 e. The molecular weight excluding hydrogens is 132 g/mol. The van der Waals surface area contributed by atoms with E-state index >= 15 is 0 Å². The molecule has 0 radical (unpaired) electrons. The van der Waals surface area contributed by atoms with Crippen LogP contribution in [0.5, 0.6) is 0 Å². The summed E-state index contributed by atoms with van der Waals surface area (Å²) in [5, 5.41) is 8.73. The number of nitrogens with zero attached hydrogens (tertiary/aromatic N) is 1. The van der Waals surface area contributed by atoms with Crippen molar-refractivity contribution in [3.63, 3.8) is 0 Å². The lowest BCUT2D eigenvalue weighted by molar-refractivity contribution is 1.46. The van der Waals surface area contributed by atoms with Gasteiger partial charge in [0.2, 0.25) is 0 Å². The average molecular weight is 140 g/mol. The number of thioether (sulfide) groups is 1. The van der Waals surface area contributed by atoms with Gasteiger partial charge in [0, 0.05) is 11.3 Å². The summed E-state index contributed by atoms with van der Waals surface area (Å²) in [6.07, 6.45) is 0. The molecule has 0 aromatic rings. The summed E-state index contributed by atoms with van der Waals surface area (Å²) >= 11 is 1.33. The van der Waals surface area contributed by atoms with Gasteiger partial charge in [0.05, 0.1) is 11.1 Å². The molecule has 0 fully saturated rings. The maximum absolute atomic E-state index is 8.21. The van der Waals surface area contributed by atoms with E-state index in [4.69, 9.17) is 11.0 Å². The van der Waals surface area contributed by atoms with Crippen LogP contribution in [-0.2, 0) is 0 Å². The lowest BCUT2D eigenvalue weighted by Gasteiger charge is -1.94. The van der Waals surface area contributed by atoms with E-state index in [1.807, 2.05) is 6.07 Å². The monoisotopic (exact) mass is 140 g/mol. The largest absolute Gasteiger partial charge is 0.394 e. The van der Waals surface area contributed by atoms with E-state index < -0.39 is 0 Å². The molecule has 0 saturated heterocycles. The Morgan fingerprint density at radius 3 is 2.56 bits per heavy atom. The van der Waals surface area contributed by atoms with Crippen LogP contribution in [0.15, 0.2) is 23.8 Å². The van der Waals surface area contributed by atoms with Crippen LogP contribution in [0, 0.1) is 11.3 Å². The lowest BCUT2D eigenvalue weighted by Crippen LogP contribution is -1.91. The molecule has 3 heteroatoms. The van der Waals surface area contributed by atoms with Crippen LogP contribution in [0.3, 0.4) is 0 Å². The molecule has 2 N–H and O–H groups in total. The van der Waals surface area contributed by atoms with E-state index in [1.54, 1.807) is 0 Å². The van der Waals surface area contributed by atoms with Gasteiger partial charge in [-0.15, -0.1) is 11.8 Å². The molecule has 0 unspecified atom stereocenters. The quantitative estimate of drug-likeness (QED) is 0.600. The molecule has 0 bridgehead atoms. The Morgan fingerprint density at radius 2 is 2.22 bits per heavy atom. The molecule has 2 nitrogen and oxygen atoms in total. The fourth-order valence-corrected chi connectivity index (χ4v) is 0.636. The van der Waals surface area contributed by atoms with Gasteiger partial charge in [0.15, 0.2) is 0 Å². The molecule has 0 aromatic heterocycles. The van der Waals surface area contributed by atoms with Crippen LogP contribution < -0.4 is 5.73 Å². The highest BCUT2D eigenvalue weighted by Gasteiger charge is 1.91. The molecule has 48 valence electrons. The van der Waals surface area contributed by atoms with E-state index in [2.05, 4.69) is 13.2 Å². The molecular formula is C6H8N2S. The van der Waals surface area contributed by atoms with Crippen LogP contribution >= 0.6 is 11.8 Å². The Hall–Kier alpha value is -0.880. The molecule has 9 heavy (non-hydrogen) atoms. The molecule has 0 rings (SSSR count). The highest BCUT2D eigenvalue weighted by molar-refractivity contribution is 8.03. The summed E-state index contributed by atoms with van der Waals surface area (Å²) in [5.74, 6) is 0.547. The van der Waals surface area contributed by atoms with Crippen LogP contribution in [-0.4, -0.2) is 5.75 Å². The highest BCUT2D eigenvalue weighted by Crippen LogP contribution is 2.09. The second-order valence-corrected chi connectivity index (χ2v) is 2.57. The fraction of sp³-hybridized carbons (Fsp3) is 0.167. The van der Waals surface area contributed by atoms with Crippen LogP contribution in [0.1, 0.15) is 0 Å². The number of nitrogens with two attached hydrogens (primary N) is 1. The van der Waals surface area contributed by atoms with Gasteiger partial charge in [-0.05, 0) is 0 Å². The van der Waals surface area contributed by atoms with Crippen molar-refractivity contribution in [2.24, 2.45) is 5.73 Å². The maximum atomic E-state index is 8.21. The van der Waals surface area contributed by atoms with E-state index in [9.17, 15) is 0 Å². The topological polar surface area (TPSA) is 49.8 Å². The Morgan fingerprint density at radius 1 is 1.67 bits per heavy atom. The zero-order chi connectivity index (χ0) is 7.28. The molecule has 0 atom stereocenters. The minimum atomic E-state index is 0.520. The van der Waals surface area contributed by atoms with Crippen molar-refractivity contribution < 1.29 is 0 Å². The minimum absolute atomic E-state index is 0.520. The zero-order valence-corrected chi connectivity index (χ0v) is 5.87. The van der Waals surface area contributed by atoms with Gasteiger partial charge in [0.25, 0.3) is 0 Å². The Bertz CT molecular complexity index is 166. The van der Waals surface area contributed by atoms with E-state index in [-0.39, 0.29) is 0 Å². The first-order valence-electron chi connectivity index (χ1n) is 2.32. The fourth-order valence-electron chi connectivity index (χ4n) is 0.212. The Labute approximate surface area is 59.0 Å². The van der Waals surface area contributed by atoms with E-state index in [0.717, 1.165) is 0 Å².